The van der Waals surface area contributed by atoms with E-state index in [0.29, 0.717) is 13.0 Å². The zero-order valence-electron chi connectivity index (χ0n) is 11.7. The number of hydrogen-bond donors (Lipinski definition) is 1. The van der Waals surface area contributed by atoms with Gasteiger partial charge in [0, 0.05) is 18.4 Å². The summed E-state index contributed by atoms with van der Waals surface area (Å²) in [5.41, 5.74) is 1.12. The lowest BCUT2D eigenvalue weighted by molar-refractivity contribution is -0.121. The molecule has 0 atom stereocenters. The van der Waals surface area contributed by atoms with Crippen LogP contribution in [-0.2, 0) is 10.2 Å². The van der Waals surface area contributed by atoms with E-state index in [1.54, 1.807) is 7.11 Å². The van der Waals surface area contributed by atoms with Gasteiger partial charge in [-0.2, -0.15) is 0 Å². The van der Waals surface area contributed by atoms with Crippen molar-refractivity contribution in [3.8, 4) is 5.75 Å². The van der Waals surface area contributed by atoms with Crippen LogP contribution in [0.2, 0.25) is 0 Å². The summed E-state index contributed by atoms with van der Waals surface area (Å²) in [5.74, 6) is 0.976. The second-order valence-corrected chi connectivity index (χ2v) is 5.14. The van der Waals surface area contributed by atoms with Crippen molar-refractivity contribution in [3.63, 3.8) is 0 Å². The molecular formula is C15H23NO2. The van der Waals surface area contributed by atoms with Crippen LogP contribution in [-0.4, -0.2) is 19.6 Å². The molecule has 1 aromatic carbocycles. The van der Waals surface area contributed by atoms with Crippen molar-refractivity contribution in [1.82, 2.24) is 5.32 Å². The van der Waals surface area contributed by atoms with Crippen molar-refractivity contribution in [1.29, 1.82) is 0 Å². The first kappa shape index (κ1) is 14.6. The van der Waals surface area contributed by atoms with E-state index in [-0.39, 0.29) is 11.3 Å². The number of carbonyl (C=O) groups excluding carboxylic acids is 1. The quantitative estimate of drug-likeness (QED) is 0.842. The summed E-state index contributed by atoms with van der Waals surface area (Å²) in [6, 6.07) is 7.99. The van der Waals surface area contributed by atoms with Crippen LogP contribution in [0, 0.1) is 0 Å². The SMILES string of the molecule is CCCC(=O)NCC(C)(C)c1ccc(OC)cc1. The summed E-state index contributed by atoms with van der Waals surface area (Å²) >= 11 is 0. The van der Waals surface area contributed by atoms with E-state index in [4.69, 9.17) is 4.74 Å². The Labute approximate surface area is 110 Å². The first-order valence-electron chi connectivity index (χ1n) is 6.41. The molecule has 3 nitrogen and oxygen atoms in total. The fraction of sp³-hybridized carbons (Fsp3) is 0.533. The minimum Gasteiger partial charge on any atom is -0.497 e. The molecule has 0 bridgehead atoms. The number of carbonyl (C=O) groups is 1. The lowest BCUT2D eigenvalue weighted by Gasteiger charge is -2.25. The lowest BCUT2D eigenvalue weighted by atomic mass is 9.84. The molecule has 0 fully saturated rings. The van der Waals surface area contributed by atoms with Crippen LogP contribution in [0.25, 0.3) is 0 Å². The Kier molecular flexibility index (Phi) is 5.20. The summed E-state index contributed by atoms with van der Waals surface area (Å²) in [5, 5.41) is 2.98. The summed E-state index contributed by atoms with van der Waals surface area (Å²) < 4.78 is 5.14. The molecule has 100 valence electrons. The molecule has 0 heterocycles. The normalized spacial score (nSPS) is 11.1. The van der Waals surface area contributed by atoms with Crippen LogP contribution >= 0.6 is 0 Å². The summed E-state index contributed by atoms with van der Waals surface area (Å²) in [4.78, 5) is 11.5. The molecule has 0 radical (unpaired) electrons. The van der Waals surface area contributed by atoms with Gasteiger partial charge in [0.15, 0.2) is 0 Å². The molecule has 0 aromatic heterocycles. The highest BCUT2D eigenvalue weighted by Crippen LogP contribution is 2.24. The minimum absolute atomic E-state index is 0.0737. The third-order valence-electron chi connectivity index (χ3n) is 3.08. The number of methoxy groups -OCH3 is 1. The molecule has 0 aliphatic rings. The largest absolute Gasteiger partial charge is 0.497 e. The predicted octanol–water partition coefficient (Wildman–Crippen LogP) is 2.89. The predicted molar refractivity (Wildman–Crippen MR) is 73.9 cm³/mol. The summed E-state index contributed by atoms with van der Waals surface area (Å²) in [6.07, 6.45) is 1.48. The minimum atomic E-state index is -0.0737. The van der Waals surface area contributed by atoms with Crippen LogP contribution < -0.4 is 10.1 Å². The average molecular weight is 249 g/mol. The second-order valence-electron chi connectivity index (χ2n) is 5.14. The molecule has 0 aliphatic carbocycles. The molecule has 3 heteroatoms. The monoisotopic (exact) mass is 249 g/mol. The Hall–Kier alpha value is -1.51. The van der Waals surface area contributed by atoms with Gasteiger partial charge in [0.1, 0.15) is 5.75 Å². The molecule has 1 N–H and O–H groups in total. The van der Waals surface area contributed by atoms with Crippen molar-refractivity contribution in [3.05, 3.63) is 29.8 Å². The molecule has 0 saturated carbocycles. The highest BCUT2D eigenvalue weighted by Gasteiger charge is 2.21. The average Bonchev–Trinajstić information content (AvgIpc) is 2.37. The first-order chi connectivity index (χ1) is 8.49. The van der Waals surface area contributed by atoms with Crippen molar-refractivity contribution in [2.24, 2.45) is 0 Å². The Morgan fingerprint density at radius 3 is 2.39 bits per heavy atom. The van der Waals surface area contributed by atoms with Crippen molar-refractivity contribution < 1.29 is 9.53 Å². The number of hydrogen-bond acceptors (Lipinski definition) is 2. The number of ether oxygens (including phenoxy) is 1. The van der Waals surface area contributed by atoms with Gasteiger partial charge < -0.3 is 10.1 Å². The molecule has 18 heavy (non-hydrogen) atoms. The lowest BCUT2D eigenvalue weighted by Crippen LogP contribution is -2.36. The maximum atomic E-state index is 11.5. The molecule has 1 amide bonds. The van der Waals surface area contributed by atoms with Crippen LogP contribution in [0.4, 0.5) is 0 Å². The highest BCUT2D eigenvalue weighted by atomic mass is 16.5. The Morgan fingerprint density at radius 2 is 1.89 bits per heavy atom. The first-order valence-corrected chi connectivity index (χ1v) is 6.41. The number of nitrogens with one attached hydrogen (secondary N) is 1. The Balaban J connectivity index is 2.63. The van der Waals surface area contributed by atoms with Crippen molar-refractivity contribution in [2.75, 3.05) is 13.7 Å². The van der Waals surface area contributed by atoms with Crippen LogP contribution in [0.1, 0.15) is 39.2 Å². The number of benzene rings is 1. The maximum absolute atomic E-state index is 11.5. The third kappa shape index (κ3) is 4.06. The zero-order chi connectivity index (χ0) is 13.6. The van der Waals surface area contributed by atoms with Gasteiger partial charge in [0.25, 0.3) is 0 Å². The molecule has 1 rings (SSSR count). The molecule has 0 unspecified atom stereocenters. The fourth-order valence-corrected chi connectivity index (χ4v) is 1.78. The van der Waals surface area contributed by atoms with E-state index in [1.807, 2.05) is 31.2 Å². The Morgan fingerprint density at radius 1 is 1.28 bits per heavy atom. The van der Waals surface area contributed by atoms with E-state index in [1.165, 1.54) is 5.56 Å². The zero-order valence-corrected chi connectivity index (χ0v) is 11.7. The van der Waals surface area contributed by atoms with Crippen molar-refractivity contribution >= 4 is 5.91 Å². The smallest absolute Gasteiger partial charge is 0.220 e. The van der Waals surface area contributed by atoms with Gasteiger partial charge >= 0.3 is 0 Å². The van der Waals surface area contributed by atoms with Gasteiger partial charge in [-0.3, -0.25) is 4.79 Å². The van der Waals surface area contributed by atoms with Gasteiger partial charge in [-0.25, -0.2) is 0 Å². The van der Waals surface area contributed by atoms with E-state index >= 15 is 0 Å². The van der Waals surface area contributed by atoms with E-state index in [0.717, 1.165) is 12.2 Å². The third-order valence-corrected chi connectivity index (χ3v) is 3.08. The van der Waals surface area contributed by atoms with E-state index < -0.39 is 0 Å². The van der Waals surface area contributed by atoms with Gasteiger partial charge in [0.2, 0.25) is 5.91 Å². The second kappa shape index (κ2) is 6.43. The van der Waals surface area contributed by atoms with Gasteiger partial charge in [-0.1, -0.05) is 32.9 Å². The van der Waals surface area contributed by atoms with Crippen molar-refractivity contribution in [2.45, 2.75) is 39.0 Å². The van der Waals surface area contributed by atoms with Crippen LogP contribution in [0.5, 0.6) is 5.75 Å². The maximum Gasteiger partial charge on any atom is 0.220 e. The van der Waals surface area contributed by atoms with E-state index in [2.05, 4.69) is 19.2 Å². The topological polar surface area (TPSA) is 38.3 Å². The van der Waals surface area contributed by atoms with Gasteiger partial charge in [-0.05, 0) is 24.1 Å². The summed E-state index contributed by atoms with van der Waals surface area (Å²) in [6.45, 7) is 6.91. The van der Waals surface area contributed by atoms with Gasteiger partial charge in [-0.15, -0.1) is 0 Å². The van der Waals surface area contributed by atoms with E-state index in [9.17, 15) is 4.79 Å². The number of rotatable bonds is 6. The van der Waals surface area contributed by atoms with Crippen LogP contribution in [0.15, 0.2) is 24.3 Å². The molecular weight excluding hydrogens is 226 g/mol. The molecule has 0 aliphatic heterocycles. The standard InChI is InChI=1S/C15H23NO2/c1-5-6-14(17)16-11-15(2,3)12-7-9-13(18-4)10-8-12/h7-10H,5-6,11H2,1-4H3,(H,16,17). The Bertz CT molecular complexity index is 382. The highest BCUT2D eigenvalue weighted by molar-refractivity contribution is 5.75. The number of amides is 1. The van der Waals surface area contributed by atoms with Gasteiger partial charge in [0.05, 0.1) is 7.11 Å². The fourth-order valence-electron chi connectivity index (χ4n) is 1.78. The molecule has 0 spiro atoms. The molecule has 0 saturated heterocycles. The molecule has 1 aromatic rings. The summed E-state index contributed by atoms with van der Waals surface area (Å²) in [7, 11) is 1.66. The van der Waals surface area contributed by atoms with Crippen LogP contribution in [0.3, 0.4) is 0 Å².